The van der Waals surface area contributed by atoms with Crippen LogP contribution in [-0.2, 0) is 17.8 Å². The molecule has 3 aromatic rings. The molecule has 1 amide bonds. The number of nitrogens with zero attached hydrogens (tertiary/aromatic N) is 3. The number of amides is 1. The van der Waals surface area contributed by atoms with Gasteiger partial charge in [-0.15, -0.1) is 11.3 Å². The summed E-state index contributed by atoms with van der Waals surface area (Å²) >= 11 is 1.56. The Kier molecular flexibility index (Phi) is 6.01. The standard InChI is InChI=1S/C19H21N3O3S/c1-3-22(13-14-6-8-15(24-2)9-7-14)18(23)11-10-17-20-19(21-25-17)16-5-4-12-26-16/h4-9,12H,3,10-11,13H2,1-2H3. The molecule has 0 aliphatic heterocycles. The monoisotopic (exact) mass is 371 g/mol. The van der Waals surface area contributed by atoms with Gasteiger partial charge in [-0.3, -0.25) is 4.79 Å². The molecule has 1 aromatic carbocycles. The molecule has 0 saturated heterocycles. The van der Waals surface area contributed by atoms with E-state index in [1.54, 1.807) is 18.4 Å². The number of benzene rings is 1. The molecule has 0 aliphatic rings. The lowest BCUT2D eigenvalue weighted by molar-refractivity contribution is -0.131. The number of methoxy groups -OCH3 is 1. The van der Waals surface area contributed by atoms with E-state index in [1.807, 2.05) is 53.6 Å². The molecule has 136 valence electrons. The highest BCUT2D eigenvalue weighted by Gasteiger charge is 2.15. The van der Waals surface area contributed by atoms with Crippen LogP contribution in [0.3, 0.4) is 0 Å². The van der Waals surface area contributed by atoms with Crippen molar-refractivity contribution in [3.05, 3.63) is 53.2 Å². The van der Waals surface area contributed by atoms with Crippen molar-refractivity contribution in [2.45, 2.75) is 26.3 Å². The van der Waals surface area contributed by atoms with Crippen LogP contribution in [0.15, 0.2) is 46.3 Å². The van der Waals surface area contributed by atoms with Crippen molar-refractivity contribution in [1.82, 2.24) is 15.0 Å². The normalized spacial score (nSPS) is 10.7. The fraction of sp³-hybridized carbons (Fsp3) is 0.316. The van der Waals surface area contributed by atoms with Crippen LogP contribution in [0, 0.1) is 0 Å². The van der Waals surface area contributed by atoms with Crippen LogP contribution in [0.4, 0.5) is 0 Å². The molecule has 0 saturated carbocycles. The van der Waals surface area contributed by atoms with E-state index in [-0.39, 0.29) is 5.91 Å². The van der Waals surface area contributed by atoms with Gasteiger partial charge in [-0.1, -0.05) is 23.4 Å². The third kappa shape index (κ3) is 4.49. The van der Waals surface area contributed by atoms with Crippen LogP contribution in [0.1, 0.15) is 24.8 Å². The van der Waals surface area contributed by atoms with Crippen molar-refractivity contribution in [3.8, 4) is 16.5 Å². The van der Waals surface area contributed by atoms with Crippen molar-refractivity contribution in [1.29, 1.82) is 0 Å². The SMILES string of the molecule is CCN(Cc1ccc(OC)cc1)C(=O)CCc1nc(-c2cccs2)no1. The van der Waals surface area contributed by atoms with Gasteiger partial charge in [-0.25, -0.2) is 0 Å². The van der Waals surface area contributed by atoms with Gasteiger partial charge in [0, 0.05) is 25.9 Å². The topological polar surface area (TPSA) is 68.5 Å². The lowest BCUT2D eigenvalue weighted by Crippen LogP contribution is -2.30. The number of carbonyl (C=O) groups is 1. The molecule has 0 unspecified atom stereocenters. The van der Waals surface area contributed by atoms with E-state index in [0.717, 1.165) is 16.2 Å². The van der Waals surface area contributed by atoms with E-state index in [2.05, 4.69) is 10.1 Å². The maximum Gasteiger partial charge on any atom is 0.227 e. The number of rotatable bonds is 8. The van der Waals surface area contributed by atoms with Crippen molar-refractivity contribution in [2.75, 3.05) is 13.7 Å². The van der Waals surface area contributed by atoms with E-state index >= 15 is 0 Å². The molecule has 0 fully saturated rings. The van der Waals surface area contributed by atoms with Gasteiger partial charge in [-0.2, -0.15) is 4.98 Å². The predicted molar refractivity (Wildman–Crippen MR) is 100 cm³/mol. The Morgan fingerprint density at radius 3 is 2.73 bits per heavy atom. The molecule has 7 heteroatoms. The Morgan fingerprint density at radius 2 is 2.08 bits per heavy atom. The summed E-state index contributed by atoms with van der Waals surface area (Å²) in [5.74, 6) is 1.94. The van der Waals surface area contributed by atoms with Gasteiger partial charge in [0.15, 0.2) is 0 Å². The van der Waals surface area contributed by atoms with E-state index in [9.17, 15) is 4.79 Å². The third-order valence-electron chi connectivity index (χ3n) is 4.03. The zero-order valence-corrected chi connectivity index (χ0v) is 15.7. The molecule has 0 bridgehead atoms. The summed E-state index contributed by atoms with van der Waals surface area (Å²) in [4.78, 5) is 19.7. The molecule has 26 heavy (non-hydrogen) atoms. The van der Waals surface area contributed by atoms with Crippen LogP contribution in [0.25, 0.3) is 10.7 Å². The average Bonchev–Trinajstić information content (AvgIpc) is 3.36. The van der Waals surface area contributed by atoms with E-state index < -0.39 is 0 Å². The highest BCUT2D eigenvalue weighted by atomic mass is 32.1. The number of ether oxygens (including phenoxy) is 1. The van der Waals surface area contributed by atoms with Crippen LogP contribution < -0.4 is 4.74 Å². The minimum Gasteiger partial charge on any atom is -0.497 e. The first-order chi connectivity index (χ1) is 12.7. The molecule has 0 aliphatic carbocycles. The van der Waals surface area contributed by atoms with Crippen LogP contribution in [0.2, 0.25) is 0 Å². The van der Waals surface area contributed by atoms with Crippen molar-refractivity contribution < 1.29 is 14.1 Å². The summed E-state index contributed by atoms with van der Waals surface area (Å²) in [6.07, 6.45) is 0.784. The van der Waals surface area contributed by atoms with Gasteiger partial charge in [0.1, 0.15) is 5.75 Å². The summed E-state index contributed by atoms with van der Waals surface area (Å²) in [5.41, 5.74) is 1.07. The summed E-state index contributed by atoms with van der Waals surface area (Å²) < 4.78 is 10.4. The van der Waals surface area contributed by atoms with Crippen LogP contribution >= 0.6 is 11.3 Å². The maximum absolute atomic E-state index is 12.5. The Morgan fingerprint density at radius 1 is 1.27 bits per heavy atom. The molecule has 0 radical (unpaired) electrons. The van der Waals surface area contributed by atoms with E-state index in [0.29, 0.717) is 37.6 Å². The molecule has 2 aromatic heterocycles. The Labute approximate surface area is 156 Å². The van der Waals surface area contributed by atoms with Crippen LogP contribution in [0.5, 0.6) is 5.75 Å². The van der Waals surface area contributed by atoms with Gasteiger partial charge in [0.05, 0.1) is 12.0 Å². The van der Waals surface area contributed by atoms with Gasteiger partial charge < -0.3 is 14.2 Å². The first-order valence-corrected chi connectivity index (χ1v) is 9.34. The second-order valence-electron chi connectivity index (χ2n) is 5.75. The molecule has 0 atom stereocenters. The highest BCUT2D eigenvalue weighted by molar-refractivity contribution is 7.13. The van der Waals surface area contributed by atoms with Crippen LogP contribution in [-0.4, -0.2) is 34.6 Å². The summed E-state index contributed by atoms with van der Waals surface area (Å²) in [7, 11) is 1.64. The number of hydrogen-bond donors (Lipinski definition) is 0. The fourth-order valence-electron chi connectivity index (χ4n) is 2.56. The highest BCUT2D eigenvalue weighted by Crippen LogP contribution is 2.21. The zero-order chi connectivity index (χ0) is 18.4. The molecule has 3 rings (SSSR count). The lowest BCUT2D eigenvalue weighted by atomic mass is 10.2. The second-order valence-corrected chi connectivity index (χ2v) is 6.69. The quantitative estimate of drug-likeness (QED) is 0.603. The lowest BCUT2D eigenvalue weighted by Gasteiger charge is -2.21. The Hall–Kier alpha value is -2.67. The largest absolute Gasteiger partial charge is 0.497 e. The van der Waals surface area contributed by atoms with E-state index in [1.165, 1.54) is 0 Å². The Bertz CT molecular complexity index is 828. The predicted octanol–water partition coefficient (Wildman–Crippen LogP) is 3.79. The van der Waals surface area contributed by atoms with Gasteiger partial charge in [0.2, 0.25) is 17.6 Å². The number of carbonyl (C=O) groups excluding carboxylic acids is 1. The minimum atomic E-state index is 0.0687. The second kappa shape index (κ2) is 8.62. The van der Waals surface area contributed by atoms with E-state index in [4.69, 9.17) is 9.26 Å². The Balaban J connectivity index is 1.55. The third-order valence-corrected chi connectivity index (χ3v) is 4.90. The summed E-state index contributed by atoms with van der Waals surface area (Å²) in [5, 5.41) is 5.94. The number of hydrogen-bond acceptors (Lipinski definition) is 6. The smallest absolute Gasteiger partial charge is 0.227 e. The maximum atomic E-state index is 12.5. The fourth-order valence-corrected chi connectivity index (χ4v) is 3.21. The van der Waals surface area contributed by atoms with Crippen molar-refractivity contribution in [3.63, 3.8) is 0 Å². The first-order valence-electron chi connectivity index (χ1n) is 8.46. The average molecular weight is 371 g/mol. The molecule has 0 N–H and O–H groups in total. The summed E-state index contributed by atoms with van der Waals surface area (Å²) in [6.45, 7) is 3.20. The minimum absolute atomic E-state index is 0.0687. The summed E-state index contributed by atoms with van der Waals surface area (Å²) in [6, 6.07) is 11.6. The molecular weight excluding hydrogens is 350 g/mol. The van der Waals surface area contributed by atoms with Crippen molar-refractivity contribution in [2.24, 2.45) is 0 Å². The van der Waals surface area contributed by atoms with Gasteiger partial charge in [0.25, 0.3) is 0 Å². The molecule has 6 nitrogen and oxygen atoms in total. The first kappa shape index (κ1) is 18.1. The number of aryl methyl sites for hydroxylation is 1. The molecular formula is C19H21N3O3S. The molecule has 0 spiro atoms. The number of aromatic nitrogens is 2. The van der Waals surface area contributed by atoms with Crippen molar-refractivity contribution >= 4 is 17.2 Å². The number of thiophene rings is 1. The molecule has 2 heterocycles. The zero-order valence-electron chi connectivity index (χ0n) is 14.8. The van der Waals surface area contributed by atoms with Gasteiger partial charge in [-0.05, 0) is 36.1 Å². The van der Waals surface area contributed by atoms with Gasteiger partial charge >= 0.3 is 0 Å².